The zero-order valence-corrected chi connectivity index (χ0v) is 10.6. The average molecular weight is 251 g/mol. The smallest absolute Gasteiger partial charge is 0.178 e. The van der Waals surface area contributed by atoms with Crippen LogP contribution in [-0.4, -0.2) is 27.3 Å². The van der Waals surface area contributed by atoms with Crippen molar-refractivity contribution < 1.29 is 8.42 Å². The molecule has 1 aromatic carbocycles. The molecule has 92 valence electrons. The Morgan fingerprint density at radius 1 is 1.35 bits per heavy atom. The van der Waals surface area contributed by atoms with Crippen LogP contribution < -0.4 is 5.32 Å². The summed E-state index contributed by atoms with van der Waals surface area (Å²) < 4.78 is 23.7. The Hall–Kier alpha value is -0.870. The molecule has 1 atom stereocenters. The summed E-state index contributed by atoms with van der Waals surface area (Å²) in [5, 5.41) is 3.36. The number of hydrogen-bond donors (Lipinski definition) is 1. The summed E-state index contributed by atoms with van der Waals surface area (Å²) >= 11 is 0. The van der Waals surface area contributed by atoms with Gasteiger partial charge in [-0.3, -0.25) is 0 Å². The lowest BCUT2D eigenvalue weighted by molar-refractivity contribution is 0.576. The van der Waals surface area contributed by atoms with Crippen LogP contribution in [0.25, 0.3) is 0 Å². The third-order valence-corrected chi connectivity index (χ3v) is 5.65. The molecule has 3 rings (SSSR count). The Balaban J connectivity index is 1.94. The highest BCUT2D eigenvalue weighted by atomic mass is 32.2. The monoisotopic (exact) mass is 251 g/mol. The number of sulfone groups is 1. The highest BCUT2D eigenvalue weighted by Gasteiger charge is 2.28. The van der Waals surface area contributed by atoms with Crippen LogP contribution in [0.1, 0.15) is 17.5 Å². The summed E-state index contributed by atoms with van der Waals surface area (Å²) in [5.74, 6) is 0.965. The van der Waals surface area contributed by atoms with Crippen molar-refractivity contribution in [2.75, 3.05) is 18.8 Å². The van der Waals surface area contributed by atoms with Gasteiger partial charge in [-0.2, -0.15) is 0 Å². The van der Waals surface area contributed by atoms with E-state index in [0.29, 0.717) is 23.0 Å². The van der Waals surface area contributed by atoms with Crippen LogP contribution in [0.5, 0.6) is 0 Å². The van der Waals surface area contributed by atoms with E-state index >= 15 is 0 Å². The van der Waals surface area contributed by atoms with Crippen LogP contribution in [0, 0.1) is 5.92 Å². The molecule has 0 radical (unpaired) electrons. The molecule has 2 aliphatic rings. The molecule has 1 saturated heterocycles. The van der Waals surface area contributed by atoms with Crippen LogP contribution in [-0.2, 0) is 22.7 Å². The third-order valence-electron chi connectivity index (χ3n) is 3.86. The maximum Gasteiger partial charge on any atom is 0.178 e. The summed E-state index contributed by atoms with van der Waals surface area (Å²) in [6.07, 6.45) is 2.93. The minimum atomic E-state index is -2.98. The summed E-state index contributed by atoms with van der Waals surface area (Å²) in [5.41, 5.74) is 2.33. The molecule has 1 unspecified atom stereocenters. The van der Waals surface area contributed by atoms with Crippen molar-refractivity contribution in [2.45, 2.75) is 24.2 Å². The molecule has 1 fully saturated rings. The van der Waals surface area contributed by atoms with Crippen molar-refractivity contribution in [1.82, 2.24) is 5.32 Å². The maximum atomic E-state index is 11.8. The molecule has 2 aliphatic heterocycles. The molecule has 0 aromatic heterocycles. The van der Waals surface area contributed by atoms with Gasteiger partial charge in [-0.15, -0.1) is 0 Å². The second kappa shape index (κ2) is 4.10. The second-order valence-electron chi connectivity index (χ2n) is 5.03. The summed E-state index contributed by atoms with van der Waals surface area (Å²) in [4.78, 5) is 0.584. The Morgan fingerprint density at radius 2 is 2.24 bits per heavy atom. The van der Waals surface area contributed by atoms with E-state index in [-0.39, 0.29) is 0 Å². The zero-order chi connectivity index (χ0) is 11.9. The van der Waals surface area contributed by atoms with Gasteiger partial charge >= 0.3 is 0 Å². The van der Waals surface area contributed by atoms with E-state index in [1.54, 1.807) is 6.07 Å². The van der Waals surface area contributed by atoms with Crippen LogP contribution in [0.4, 0.5) is 0 Å². The fourth-order valence-corrected chi connectivity index (χ4v) is 4.51. The molecule has 1 aromatic rings. The first-order chi connectivity index (χ1) is 8.17. The molecule has 2 heterocycles. The SMILES string of the molecule is O=S1(=O)CCc2c(CC3CCNC3)cccc21. The van der Waals surface area contributed by atoms with E-state index < -0.39 is 9.84 Å². The van der Waals surface area contributed by atoms with Gasteiger partial charge < -0.3 is 5.32 Å². The molecule has 17 heavy (non-hydrogen) atoms. The normalized spacial score (nSPS) is 26.0. The average Bonchev–Trinajstić information content (AvgIpc) is 2.89. The van der Waals surface area contributed by atoms with Crippen molar-refractivity contribution in [3.05, 3.63) is 29.3 Å². The number of fused-ring (bicyclic) bond motifs is 1. The first kappa shape index (κ1) is 11.2. The molecule has 0 amide bonds. The van der Waals surface area contributed by atoms with E-state index in [1.807, 2.05) is 6.07 Å². The fourth-order valence-electron chi connectivity index (χ4n) is 2.92. The molecule has 0 aliphatic carbocycles. The highest BCUT2D eigenvalue weighted by molar-refractivity contribution is 7.91. The lowest BCUT2D eigenvalue weighted by Crippen LogP contribution is -2.11. The van der Waals surface area contributed by atoms with Crippen molar-refractivity contribution >= 4 is 9.84 Å². The standard InChI is InChI=1S/C13H17NO2S/c15-17(16)7-5-12-11(2-1-3-13(12)17)8-10-4-6-14-9-10/h1-3,10,14H,4-9H2. The van der Waals surface area contributed by atoms with Gasteiger partial charge in [0.2, 0.25) is 0 Å². The maximum absolute atomic E-state index is 11.8. The van der Waals surface area contributed by atoms with Crippen LogP contribution in [0.3, 0.4) is 0 Å². The van der Waals surface area contributed by atoms with E-state index in [4.69, 9.17) is 0 Å². The van der Waals surface area contributed by atoms with Gasteiger partial charge in [0.25, 0.3) is 0 Å². The Bertz CT molecular complexity index is 530. The Labute approximate surface area is 102 Å². The van der Waals surface area contributed by atoms with Gasteiger partial charge in [-0.05, 0) is 55.5 Å². The van der Waals surface area contributed by atoms with E-state index in [0.717, 1.165) is 25.1 Å². The molecule has 4 heteroatoms. The van der Waals surface area contributed by atoms with Crippen molar-refractivity contribution in [3.8, 4) is 0 Å². The van der Waals surface area contributed by atoms with Gasteiger partial charge in [-0.1, -0.05) is 12.1 Å². The van der Waals surface area contributed by atoms with Crippen molar-refractivity contribution in [3.63, 3.8) is 0 Å². The number of hydrogen-bond acceptors (Lipinski definition) is 3. The predicted octanol–water partition coefficient (Wildman–Crippen LogP) is 1.17. The minimum Gasteiger partial charge on any atom is -0.316 e. The van der Waals surface area contributed by atoms with Crippen molar-refractivity contribution in [1.29, 1.82) is 0 Å². The van der Waals surface area contributed by atoms with E-state index in [9.17, 15) is 8.42 Å². The number of benzene rings is 1. The molecular formula is C13H17NO2S. The first-order valence-electron chi connectivity index (χ1n) is 6.21. The van der Waals surface area contributed by atoms with E-state index in [1.165, 1.54) is 12.0 Å². The summed E-state index contributed by atoms with van der Waals surface area (Å²) in [6.45, 7) is 2.16. The largest absolute Gasteiger partial charge is 0.316 e. The lowest BCUT2D eigenvalue weighted by Gasteiger charge is -2.11. The Morgan fingerprint density at radius 3 is 3.00 bits per heavy atom. The van der Waals surface area contributed by atoms with Crippen molar-refractivity contribution in [2.24, 2.45) is 5.92 Å². The van der Waals surface area contributed by atoms with Gasteiger partial charge in [0.1, 0.15) is 0 Å². The summed E-state index contributed by atoms with van der Waals surface area (Å²) in [6, 6.07) is 5.74. The molecule has 1 N–H and O–H groups in total. The molecular weight excluding hydrogens is 234 g/mol. The molecule has 3 nitrogen and oxygen atoms in total. The summed E-state index contributed by atoms with van der Waals surface area (Å²) in [7, 11) is -2.98. The predicted molar refractivity (Wildman–Crippen MR) is 66.9 cm³/mol. The van der Waals surface area contributed by atoms with Crippen LogP contribution in [0.15, 0.2) is 23.1 Å². The lowest BCUT2D eigenvalue weighted by atomic mass is 9.94. The van der Waals surface area contributed by atoms with E-state index in [2.05, 4.69) is 11.4 Å². The Kier molecular flexibility index (Phi) is 2.71. The quantitative estimate of drug-likeness (QED) is 0.858. The van der Waals surface area contributed by atoms with Crippen LogP contribution >= 0.6 is 0 Å². The molecule has 0 spiro atoms. The molecule has 0 bridgehead atoms. The minimum absolute atomic E-state index is 0.294. The van der Waals surface area contributed by atoms with Gasteiger partial charge in [0.15, 0.2) is 9.84 Å². The first-order valence-corrected chi connectivity index (χ1v) is 7.86. The number of rotatable bonds is 2. The van der Waals surface area contributed by atoms with Gasteiger partial charge in [0.05, 0.1) is 10.6 Å². The van der Waals surface area contributed by atoms with Gasteiger partial charge in [0, 0.05) is 0 Å². The number of nitrogens with one attached hydrogen (secondary N) is 1. The highest BCUT2D eigenvalue weighted by Crippen LogP contribution is 2.30. The zero-order valence-electron chi connectivity index (χ0n) is 9.78. The van der Waals surface area contributed by atoms with Gasteiger partial charge in [-0.25, -0.2) is 8.42 Å². The fraction of sp³-hybridized carbons (Fsp3) is 0.538. The third kappa shape index (κ3) is 2.00. The second-order valence-corrected chi connectivity index (χ2v) is 7.10. The molecule has 0 saturated carbocycles. The topological polar surface area (TPSA) is 46.2 Å². The van der Waals surface area contributed by atoms with Crippen LogP contribution in [0.2, 0.25) is 0 Å².